The van der Waals surface area contributed by atoms with E-state index < -0.39 is 0 Å². The van der Waals surface area contributed by atoms with E-state index >= 15 is 0 Å². The topological polar surface area (TPSA) is 26.3 Å². The second-order valence-electron chi connectivity index (χ2n) is 5.96. The van der Waals surface area contributed by atoms with Crippen LogP contribution >= 0.6 is 0 Å². The number of benzene rings is 2. The van der Waals surface area contributed by atoms with Gasteiger partial charge in [-0.2, -0.15) is 0 Å². The Morgan fingerprint density at radius 3 is 2.04 bits per heavy atom. The van der Waals surface area contributed by atoms with Crippen molar-refractivity contribution in [3.8, 4) is 0 Å². The molecule has 0 N–H and O–H groups in total. The van der Waals surface area contributed by atoms with Gasteiger partial charge in [-0.05, 0) is 36.8 Å². The van der Waals surface area contributed by atoms with Crippen molar-refractivity contribution in [2.75, 3.05) is 7.11 Å². The summed E-state index contributed by atoms with van der Waals surface area (Å²) in [7, 11) is 1.70. The number of aryl methyl sites for hydroxylation is 2. The van der Waals surface area contributed by atoms with E-state index in [-0.39, 0.29) is 6.10 Å². The molecule has 0 saturated carbocycles. The molecule has 0 spiro atoms. The van der Waals surface area contributed by atoms with Gasteiger partial charge in [-0.15, -0.1) is 0 Å². The number of hydrogen-bond donors (Lipinski definition) is 0. The molecular formula is C21H26O2. The Balaban J connectivity index is 1.67. The summed E-state index contributed by atoms with van der Waals surface area (Å²) >= 11 is 0. The average Bonchev–Trinajstić information content (AvgIpc) is 2.60. The molecule has 23 heavy (non-hydrogen) atoms. The molecule has 0 aliphatic carbocycles. The average molecular weight is 310 g/mol. The Kier molecular flexibility index (Phi) is 7.55. The Hall–Kier alpha value is -1.93. The number of ketones is 1. The lowest BCUT2D eigenvalue weighted by molar-refractivity contribution is -0.121. The zero-order valence-corrected chi connectivity index (χ0v) is 13.9. The fourth-order valence-electron chi connectivity index (χ4n) is 2.77. The zero-order valence-electron chi connectivity index (χ0n) is 13.9. The van der Waals surface area contributed by atoms with Crippen LogP contribution in [0.5, 0.6) is 0 Å². The highest BCUT2D eigenvalue weighted by molar-refractivity contribution is 5.78. The van der Waals surface area contributed by atoms with Gasteiger partial charge in [-0.3, -0.25) is 4.79 Å². The number of methoxy groups -OCH3 is 1. The first-order valence-corrected chi connectivity index (χ1v) is 8.40. The highest BCUT2D eigenvalue weighted by Gasteiger charge is 2.13. The van der Waals surface area contributed by atoms with Gasteiger partial charge < -0.3 is 4.74 Å². The fourth-order valence-corrected chi connectivity index (χ4v) is 2.77. The van der Waals surface area contributed by atoms with Crippen molar-refractivity contribution in [2.45, 2.75) is 44.6 Å². The Bertz CT molecular complexity index is 563. The van der Waals surface area contributed by atoms with Crippen LogP contribution in [-0.2, 0) is 22.4 Å². The standard InChI is InChI=1S/C21H26O2/c1-23-21(16-15-19-11-6-3-7-12-19)17-20(22)14-8-13-18-9-4-2-5-10-18/h2-7,9-12,21H,8,13-17H2,1H3. The Morgan fingerprint density at radius 1 is 0.913 bits per heavy atom. The normalized spacial score (nSPS) is 12.0. The molecule has 2 rings (SSSR count). The smallest absolute Gasteiger partial charge is 0.135 e. The summed E-state index contributed by atoms with van der Waals surface area (Å²) < 4.78 is 5.49. The van der Waals surface area contributed by atoms with Crippen LogP contribution in [0, 0.1) is 0 Å². The largest absolute Gasteiger partial charge is 0.381 e. The van der Waals surface area contributed by atoms with Crippen LogP contribution in [0.2, 0.25) is 0 Å². The molecular weight excluding hydrogens is 284 g/mol. The molecule has 2 aromatic carbocycles. The van der Waals surface area contributed by atoms with E-state index in [4.69, 9.17) is 4.74 Å². The van der Waals surface area contributed by atoms with E-state index in [1.54, 1.807) is 7.11 Å². The van der Waals surface area contributed by atoms with E-state index in [0.717, 1.165) is 25.7 Å². The van der Waals surface area contributed by atoms with E-state index in [1.165, 1.54) is 11.1 Å². The third kappa shape index (κ3) is 6.79. The summed E-state index contributed by atoms with van der Waals surface area (Å²) in [5, 5.41) is 0. The van der Waals surface area contributed by atoms with E-state index in [1.807, 2.05) is 36.4 Å². The van der Waals surface area contributed by atoms with Crippen molar-refractivity contribution in [3.63, 3.8) is 0 Å². The summed E-state index contributed by atoms with van der Waals surface area (Å²) in [6.45, 7) is 0. The lowest BCUT2D eigenvalue weighted by Crippen LogP contribution is -2.17. The van der Waals surface area contributed by atoms with Gasteiger partial charge in [0.2, 0.25) is 0 Å². The van der Waals surface area contributed by atoms with Gasteiger partial charge >= 0.3 is 0 Å². The van der Waals surface area contributed by atoms with Crippen LogP contribution < -0.4 is 0 Å². The van der Waals surface area contributed by atoms with E-state index in [0.29, 0.717) is 18.6 Å². The van der Waals surface area contributed by atoms with Crippen LogP contribution in [0.15, 0.2) is 60.7 Å². The maximum atomic E-state index is 12.1. The molecule has 0 saturated heterocycles. The highest BCUT2D eigenvalue weighted by Crippen LogP contribution is 2.12. The maximum absolute atomic E-state index is 12.1. The minimum absolute atomic E-state index is 0.0273. The molecule has 1 atom stereocenters. The molecule has 0 aliphatic heterocycles. The van der Waals surface area contributed by atoms with Crippen LogP contribution in [0.3, 0.4) is 0 Å². The van der Waals surface area contributed by atoms with Crippen molar-refractivity contribution in [1.29, 1.82) is 0 Å². The summed E-state index contributed by atoms with van der Waals surface area (Å²) in [5.74, 6) is 0.306. The van der Waals surface area contributed by atoms with Gasteiger partial charge in [0, 0.05) is 20.0 Å². The second kappa shape index (κ2) is 9.96. The van der Waals surface area contributed by atoms with Crippen molar-refractivity contribution in [3.05, 3.63) is 71.8 Å². The summed E-state index contributed by atoms with van der Waals surface area (Å²) in [6.07, 6.45) is 4.92. The number of Topliss-reactive ketones (excluding diaryl/α,β-unsaturated/α-hetero) is 1. The molecule has 0 radical (unpaired) electrons. The van der Waals surface area contributed by atoms with Crippen LogP contribution in [0.1, 0.15) is 36.8 Å². The zero-order chi connectivity index (χ0) is 16.3. The second-order valence-corrected chi connectivity index (χ2v) is 5.96. The third-order valence-corrected chi connectivity index (χ3v) is 4.15. The first-order chi connectivity index (χ1) is 11.3. The van der Waals surface area contributed by atoms with Gasteiger partial charge in [0.25, 0.3) is 0 Å². The predicted molar refractivity (Wildman–Crippen MR) is 94.6 cm³/mol. The van der Waals surface area contributed by atoms with Crippen LogP contribution in [-0.4, -0.2) is 19.0 Å². The molecule has 2 nitrogen and oxygen atoms in total. The summed E-state index contributed by atoms with van der Waals surface area (Å²) in [5.41, 5.74) is 2.60. The summed E-state index contributed by atoms with van der Waals surface area (Å²) in [6, 6.07) is 20.7. The molecule has 2 aromatic rings. The predicted octanol–water partition coefficient (Wildman–Crippen LogP) is 4.62. The number of carbonyl (C=O) groups excluding carboxylic acids is 1. The van der Waals surface area contributed by atoms with Crippen LogP contribution in [0.4, 0.5) is 0 Å². The fraction of sp³-hybridized carbons (Fsp3) is 0.381. The maximum Gasteiger partial charge on any atom is 0.135 e. The highest BCUT2D eigenvalue weighted by atomic mass is 16.5. The number of rotatable bonds is 10. The monoisotopic (exact) mass is 310 g/mol. The third-order valence-electron chi connectivity index (χ3n) is 4.15. The van der Waals surface area contributed by atoms with Gasteiger partial charge in [0.15, 0.2) is 0 Å². The molecule has 0 aromatic heterocycles. The van der Waals surface area contributed by atoms with Gasteiger partial charge in [-0.1, -0.05) is 60.7 Å². The molecule has 122 valence electrons. The lowest BCUT2D eigenvalue weighted by Gasteiger charge is -2.14. The first kappa shape index (κ1) is 17.4. The number of carbonyl (C=O) groups is 1. The number of hydrogen-bond acceptors (Lipinski definition) is 2. The van der Waals surface area contributed by atoms with Crippen molar-refractivity contribution in [2.24, 2.45) is 0 Å². The van der Waals surface area contributed by atoms with Crippen molar-refractivity contribution in [1.82, 2.24) is 0 Å². The Morgan fingerprint density at radius 2 is 1.48 bits per heavy atom. The SMILES string of the molecule is COC(CCc1ccccc1)CC(=O)CCCc1ccccc1. The molecule has 0 amide bonds. The molecule has 0 fully saturated rings. The minimum Gasteiger partial charge on any atom is -0.381 e. The van der Waals surface area contributed by atoms with Crippen LogP contribution in [0.25, 0.3) is 0 Å². The van der Waals surface area contributed by atoms with Gasteiger partial charge in [-0.25, -0.2) is 0 Å². The molecule has 1 unspecified atom stereocenters. The summed E-state index contributed by atoms with van der Waals surface area (Å²) in [4.78, 5) is 12.1. The molecule has 0 aliphatic rings. The lowest BCUT2D eigenvalue weighted by atomic mass is 10.00. The van der Waals surface area contributed by atoms with E-state index in [9.17, 15) is 4.79 Å². The Labute approximate surface area is 139 Å². The van der Waals surface area contributed by atoms with Crippen molar-refractivity contribution >= 4 is 5.78 Å². The quantitative estimate of drug-likeness (QED) is 0.640. The molecule has 0 heterocycles. The van der Waals surface area contributed by atoms with Crippen molar-refractivity contribution < 1.29 is 9.53 Å². The molecule has 0 bridgehead atoms. The first-order valence-electron chi connectivity index (χ1n) is 8.40. The number of ether oxygens (including phenoxy) is 1. The van der Waals surface area contributed by atoms with E-state index in [2.05, 4.69) is 24.3 Å². The van der Waals surface area contributed by atoms with Gasteiger partial charge in [0.05, 0.1) is 6.10 Å². The molecule has 2 heteroatoms. The van der Waals surface area contributed by atoms with Gasteiger partial charge in [0.1, 0.15) is 5.78 Å². The minimum atomic E-state index is 0.0273.